The van der Waals surface area contributed by atoms with Crippen molar-refractivity contribution in [1.82, 2.24) is 19.9 Å². The summed E-state index contributed by atoms with van der Waals surface area (Å²) in [7, 11) is 0. The predicted octanol–water partition coefficient (Wildman–Crippen LogP) is 2.91. The minimum atomic E-state index is 0.547. The van der Waals surface area contributed by atoms with E-state index in [1.54, 1.807) is 0 Å². The number of hydrogen-bond donors (Lipinski definition) is 0. The maximum atomic E-state index is 5.38. The number of aryl methyl sites for hydroxylation is 3. The highest BCUT2D eigenvalue weighted by molar-refractivity contribution is 5.59. The topological polar surface area (TPSA) is 56.7 Å². The maximum Gasteiger partial charge on any atom is 0.158 e. The van der Waals surface area contributed by atoms with Gasteiger partial charge in [0.05, 0.1) is 0 Å². The summed E-state index contributed by atoms with van der Waals surface area (Å²) in [5, 5.41) is 8.43. The molecular weight excluding hydrogens is 252 g/mol. The Kier molecular flexibility index (Phi) is 3.10. The van der Waals surface area contributed by atoms with Crippen molar-refractivity contribution in [3.05, 3.63) is 53.3 Å². The van der Waals surface area contributed by atoms with Crippen molar-refractivity contribution in [2.45, 2.75) is 27.3 Å². The highest BCUT2D eigenvalue weighted by atomic mass is 16.5. The molecule has 0 spiro atoms. The minimum absolute atomic E-state index is 0.547. The van der Waals surface area contributed by atoms with Crippen molar-refractivity contribution in [2.24, 2.45) is 0 Å². The van der Waals surface area contributed by atoms with Gasteiger partial charge in [0.2, 0.25) is 0 Å². The normalized spacial score (nSPS) is 10.9. The van der Waals surface area contributed by atoms with Crippen LogP contribution < -0.4 is 0 Å². The molecule has 0 atom stereocenters. The van der Waals surface area contributed by atoms with E-state index >= 15 is 0 Å². The van der Waals surface area contributed by atoms with Crippen LogP contribution in [0.4, 0.5) is 0 Å². The summed E-state index contributed by atoms with van der Waals surface area (Å²) < 4.78 is 7.19. The molecule has 0 aliphatic carbocycles. The van der Waals surface area contributed by atoms with Gasteiger partial charge < -0.3 is 4.52 Å². The molecular formula is C15H16N4O. The molecule has 0 aliphatic rings. The van der Waals surface area contributed by atoms with Gasteiger partial charge in [-0.05, 0) is 20.8 Å². The second-order valence-corrected chi connectivity index (χ2v) is 4.91. The van der Waals surface area contributed by atoms with Gasteiger partial charge in [0.15, 0.2) is 5.76 Å². The summed E-state index contributed by atoms with van der Waals surface area (Å²) in [5.41, 5.74) is 3.12. The second-order valence-electron chi connectivity index (χ2n) is 4.91. The van der Waals surface area contributed by atoms with Gasteiger partial charge in [-0.25, -0.2) is 9.67 Å². The first-order valence-corrected chi connectivity index (χ1v) is 6.52. The van der Waals surface area contributed by atoms with Crippen LogP contribution in [0.5, 0.6) is 0 Å². The fourth-order valence-corrected chi connectivity index (χ4v) is 2.11. The van der Waals surface area contributed by atoms with Crippen LogP contribution in [-0.2, 0) is 6.54 Å². The largest absolute Gasteiger partial charge is 0.359 e. The van der Waals surface area contributed by atoms with Gasteiger partial charge in [-0.1, -0.05) is 35.0 Å². The Morgan fingerprint density at radius 1 is 1.10 bits per heavy atom. The fourth-order valence-electron chi connectivity index (χ4n) is 2.11. The van der Waals surface area contributed by atoms with Crippen molar-refractivity contribution in [3.63, 3.8) is 0 Å². The van der Waals surface area contributed by atoms with Gasteiger partial charge in [-0.2, -0.15) is 5.10 Å². The molecule has 1 aromatic carbocycles. The molecule has 0 amide bonds. The Morgan fingerprint density at radius 2 is 1.85 bits per heavy atom. The summed E-state index contributed by atoms with van der Waals surface area (Å²) in [6.07, 6.45) is 0. The molecule has 0 aliphatic heterocycles. The zero-order chi connectivity index (χ0) is 14.1. The van der Waals surface area contributed by atoms with Crippen LogP contribution in [0, 0.1) is 20.8 Å². The first-order valence-electron chi connectivity index (χ1n) is 6.52. The quantitative estimate of drug-likeness (QED) is 0.733. The zero-order valence-corrected chi connectivity index (χ0v) is 11.8. The molecule has 0 N–H and O–H groups in total. The third-order valence-corrected chi connectivity index (χ3v) is 3.17. The van der Waals surface area contributed by atoms with Gasteiger partial charge >= 0.3 is 0 Å². The molecule has 2 aromatic heterocycles. The van der Waals surface area contributed by atoms with E-state index < -0.39 is 0 Å². The molecule has 3 rings (SSSR count). The zero-order valence-electron chi connectivity index (χ0n) is 11.8. The SMILES string of the molecule is Cc1ccc(-c2cc(Cn3nc(C)nc3C)on2)cc1. The lowest BCUT2D eigenvalue weighted by molar-refractivity contribution is 0.371. The van der Waals surface area contributed by atoms with E-state index in [9.17, 15) is 0 Å². The Labute approximate surface area is 117 Å². The van der Waals surface area contributed by atoms with E-state index in [0.717, 1.165) is 28.7 Å². The molecule has 0 unspecified atom stereocenters. The van der Waals surface area contributed by atoms with Crippen LogP contribution in [-0.4, -0.2) is 19.9 Å². The van der Waals surface area contributed by atoms with E-state index in [1.807, 2.05) is 36.7 Å². The predicted molar refractivity (Wildman–Crippen MR) is 75.3 cm³/mol. The number of hydrogen-bond acceptors (Lipinski definition) is 4. The number of rotatable bonds is 3. The van der Waals surface area contributed by atoms with Crippen molar-refractivity contribution < 1.29 is 4.52 Å². The first kappa shape index (κ1) is 12.6. The third kappa shape index (κ3) is 2.47. The highest BCUT2D eigenvalue weighted by Gasteiger charge is 2.09. The second kappa shape index (κ2) is 4.92. The van der Waals surface area contributed by atoms with Crippen molar-refractivity contribution in [2.75, 3.05) is 0 Å². The van der Waals surface area contributed by atoms with E-state index in [-0.39, 0.29) is 0 Å². The Morgan fingerprint density at radius 3 is 2.50 bits per heavy atom. The average Bonchev–Trinajstić information content (AvgIpc) is 2.98. The van der Waals surface area contributed by atoms with E-state index in [1.165, 1.54) is 5.56 Å². The molecule has 20 heavy (non-hydrogen) atoms. The van der Waals surface area contributed by atoms with E-state index in [2.05, 4.69) is 34.3 Å². The van der Waals surface area contributed by atoms with Gasteiger partial charge in [0.25, 0.3) is 0 Å². The van der Waals surface area contributed by atoms with Gasteiger partial charge in [0, 0.05) is 11.6 Å². The van der Waals surface area contributed by atoms with Crippen molar-refractivity contribution in [3.8, 4) is 11.3 Å². The van der Waals surface area contributed by atoms with Gasteiger partial charge in [-0.3, -0.25) is 0 Å². The molecule has 0 radical (unpaired) electrons. The number of benzene rings is 1. The Hall–Kier alpha value is -2.43. The molecule has 2 heterocycles. The monoisotopic (exact) mass is 268 g/mol. The minimum Gasteiger partial charge on any atom is -0.359 e. The van der Waals surface area contributed by atoms with Crippen LogP contribution in [0.2, 0.25) is 0 Å². The third-order valence-electron chi connectivity index (χ3n) is 3.17. The molecule has 0 saturated heterocycles. The Balaban J connectivity index is 1.83. The summed E-state index contributed by atoms with van der Waals surface area (Å²) in [6.45, 7) is 6.41. The van der Waals surface area contributed by atoms with E-state index in [0.29, 0.717) is 6.54 Å². The average molecular weight is 268 g/mol. The summed E-state index contributed by atoms with van der Waals surface area (Å²) in [4.78, 5) is 4.27. The summed E-state index contributed by atoms with van der Waals surface area (Å²) in [5.74, 6) is 2.41. The van der Waals surface area contributed by atoms with Crippen LogP contribution in [0.3, 0.4) is 0 Å². The lowest BCUT2D eigenvalue weighted by atomic mass is 10.1. The van der Waals surface area contributed by atoms with Gasteiger partial charge in [-0.15, -0.1) is 0 Å². The van der Waals surface area contributed by atoms with Crippen molar-refractivity contribution in [1.29, 1.82) is 0 Å². The van der Waals surface area contributed by atoms with Crippen LogP contribution >= 0.6 is 0 Å². The number of aromatic nitrogens is 4. The van der Waals surface area contributed by atoms with Crippen molar-refractivity contribution >= 4 is 0 Å². The summed E-state index contributed by atoms with van der Waals surface area (Å²) >= 11 is 0. The Bertz CT molecular complexity index is 725. The molecule has 0 bridgehead atoms. The first-order chi connectivity index (χ1) is 9.61. The van der Waals surface area contributed by atoms with Crippen LogP contribution in [0.25, 0.3) is 11.3 Å². The lowest BCUT2D eigenvalue weighted by Gasteiger charge is -1.97. The van der Waals surface area contributed by atoms with Crippen LogP contribution in [0.1, 0.15) is 23.0 Å². The molecule has 0 fully saturated rings. The fraction of sp³-hybridized carbons (Fsp3) is 0.267. The standard InChI is InChI=1S/C15H16N4O/c1-10-4-6-13(7-5-10)15-8-14(20-18-15)9-19-12(3)16-11(2)17-19/h4-8H,9H2,1-3H3. The molecule has 5 heteroatoms. The molecule has 0 saturated carbocycles. The smallest absolute Gasteiger partial charge is 0.158 e. The highest BCUT2D eigenvalue weighted by Crippen LogP contribution is 2.20. The number of nitrogens with zero attached hydrogens (tertiary/aromatic N) is 4. The van der Waals surface area contributed by atoms with Gasteiger partial charge in [0.1, 0.15) is 23.9 Å². The lowest BCUT2D eigenvalue weighted by Crippen LogP contribution is -2.03. The maximum absolute atomic E-state index is 5.38. The summed E-state index contributed by atoms with van der Waals surface area (Å²) in [6, 6.07) is 10.2. The molecule has 102 valence electrons. The molecule has 3 aromatic rings. The van der Waals surface area contributed by atoms with E-state index in [4.69, 9.17) is 4.52 Å². The van der Waals surface area contributed by atoms with Crippen LogP contribution in [0.15, 0.2) is 34.9 Å². The molecule has 5 nitrogen and oxygen atoms in total.